The van der Waals surface area contributed by atoms with Crippen molar-refractivity contribution in [3.8, 4) is 22.8 Å². The summed E-state index contributed by atoms with van der Waals surface area (Å²) in [4.78, 5) is 11.7. The number of fused-ring (bicyclic) bond motifs is 1. The van der Waals surface area contributed by atoms with E-state index in [1.165, 1.54) is 0 Å². The molecule has 2 aromatic rings. The Morgan fingerprint density at radius 3 is 2.64 bits per heavy atom. The number of hydrogen-bond acceptors (Lipinski definition) is 5. The van der Waals surface area contributed by atoms with Gasteiger partial charge in [0.2, 0.25) is 0 Å². The third kappa shape index (κ3) is 4.14. The van der Waals surface area contributed by atoms with Gasteiger partial charge in [0.15, 0.2) is 11.5 Å². The van der Waals surface area contributed by atoms with Crippen LogP contribution in [0.2, 0.25) is 0 Å². The fourth-order valence-corrected chi connectivity index (χ4v) is 3.54. The maximum absolute atomic E-state index is 11.7. The fourth-order valence-electron chi connectivity index (χ4n) is 3.54. The van der Waals surface area contributed by atoms with E-state index < -0.39 is 11.4 Å². The molecule has 0 amide bonds. The van der Waals surface area contributed by atoms with Gasteiger partial charge in [0.25, 0.3) is 0 Å². The highest BCUT2D eigenvalue weighted by molar-refractivity contribution is 5.74. The van der Waals surface area contributed by atoms with E-state index in [2.05, 4.69) is 10.4 Å². The molecule has 2 heterocycles. The van der Waals surface area contributed by atoms with Gasteiger partial charge in [-0.05, 0) is 31.0 Å². The number of hydrogen-bond donors (Lipinski definition) is 2. The van der Waals surface area contributed by atoms with Crippen molar-refractivity contribution in [2.24, 2.45) is 12.5 Å². The first kappa shape index (κ1) is 20.2. The van der Waals surface area contributed by atoms with Crippen molar-refractivity contribution in [3.63, 3.8) is 0 Å². The number of carboxylic acid groups (broad SMARTS) is 1. The summed E-state index contributed by atoms with van der Waals surface area (Å²) >= 11 is 0. The molecule has 0 spiro atoms. The molecule has 28 heavy (non-hydrogen) atoms. The van der Waals surface area contributed by atoms with Gasteiger partial charge < -0.3 is 19.9 Å². The zero-order valence-electron chi connectivity index (χ0n) is 16.8. The first-order chi connectivity index (χ1) is 13.5. The van der Waals surface area contributed by atoms with Crippen LogP contribution in [0.15, 0.2) is 24.4 Å². The Labute approximate surface area is 165 Å². The Hall–Kier alpha value is -2.54. The van der Waals surface area contributed by atoms with Gasteiger partial charge in [-0.2, -0.15) is 5.10 Å². The lowest BCUT2D eigenvalue weighted by molar-refractivity contribution is -0.149. The Kier molecular flexibility index (Phi) is 6.24. The first-order valence-electron chi connectivity index (χ1n) is 9.85. The van der Waals surface area contributed by atoms with Crippen LogP contribution in [0, 0.1) is 5.41 Å². The number of aliphatic carboxylic acids is 1. The van der Waals surface area contributed by atoms with Gasteiger partial charge in [-0.25, -0.2) is 0 Å². The lowest BCUT2D eigenvalue weighted by Gasteiger charge is -2.27. The van der Waals surface area contributed by atoms with Crippen LogP contribution in [0.3, 0.4) is 0 Å². The molecule has 3 rings (SSSR count). The summed E-state index contributed by atoms with van der Waals surface area (Å²) in [7, 11) is 1.88. The standard InChI is InChI=1S/C21H29N3O4/c1-4-21(5-2,20(25)26)14-22-12-16-13-24(3)23-19(16)15-7-8-17-18(11-15)28-10-6-9-27-17/h7-8,11,13,22H,4-6,9-10,12,14H2,1-3H3,(H,25,26). The highest BCUT2D eigenvalue weighted by Crippen LogP contribution is 2.35. The molecule has 1 aromatic heterocycles. The highest BCUT2D eigenvalue weighted by atomic mass is 16.5. The molecule has 0 bridgehead atoms. The quantitative estimate of drug-likeness (QED) is 0.723. The van der Waals surface area contributed by atoms with Crippen LogP contribution in [0.4, 0.5) is 0 Å². The van der Waals surface area contributed by atoms with Crippen LogP contribution >= 0.6 is 0 Å². The van der Waals surface area contributed by atoms with Gasteiger partial charge in [0.05, 0.1) is 24.3 Å². The van der Waals surface area contributed by atoms with E-state index in [9.17, 15) is 9.90 Å². The average molecular weight is 387 g/mol. The summed E-state index contributed by atoms with van der Waals surface area (Å²) < 4.78 is 13.3. The van der Waals surface area contributed by atoms with Gasteiger partial charge in [0.1, 0.15) is 0 Å². The molecule has 0 unspecified atom stereocenters. The molecular formula is C21H29N3O4. The summed E-state index contributed by atoms with van der Waals surface area (Å²) in [5.41, 5.74) is 2.10. The Balaban J connectivity index is 1.78. The van der Waals surface area contributed by atoms with Crippen molar-refractivity contribution < 1.29 is 19.4 Å². The van der Waals surface area contributed by atoms with Gasteiger partial charge in [-0.3, -0.25) is 9.48 Å². The number of nitrogens with zero attached hydrogens (tertiary/aromatic N) is 2. The number of rotatable bonds is 8. The highest BCUT2D eigenvalue weighted by Gasteiger charge is 2.34. The summed E-state index contributed by atoms with van der Waals surface area (Å²) in [6.07, 6.45) is 4.01. The van der Waals surface area contributed by atoms with Crippen LogP contribution in [0.25, 0.3) is 11.3 Å². The van der Waals surface area contributed by atoms with Crippen molar-refractivity contribution in [3.05, 3.63) is 30.0 Å². The molecule has 0 saturated carbocycles. The molecule has 152 valence electrons. The minimum Gasteiger partial charge on any atom is -0.490 e. The van der Waals surface area contributed by atoms with Crippen LogP contribution in [0.1, 0.15) is 38.7 Å². The van der Waals surface area contributed by atoms with E-state index >= 15 is 0 Å². The van der Waals surface area contributed by atoms with E-state index in [-0.39, 0.29) is 0 Å². The van der Waals surface area contributed by atoms with Gasteiger partial charge >= 0.3 is 5.97 Å². The topological polar surface area (TPSA) is 85.6 Å². The zero-order chi connectivity index (χ0) is 20.1. The lowest BCUT2D eigenvalue weighted by atomic mass is 9.82. The molecule has 7 heteroatoms. The minimum atomic E-state index is -0.751. The van der Waals surface area contributed by atoms with Crippen molar-refractivity contribution in [1.29, 1.82) is 0 Å². The minimum absolute atomic E-state index is 0.421. The Morgan fingerprint density at radius 2 is 1.96 bits per heavy atom. The second-order valence-corrected chi connectivity index (χ2v) is 7.28. The molecule has 0 fully saturated rings. The lowest BCUT2D eigenvalue weighted by Crippen LogP contribution is -2.40. The molecular weight excluding hydrogens is 358 g/mol. The third-order valence-electron chi connectivity index (χ3n) is 5.51. The second-order valence-electron chi connectivity index (χ2n) is 7.28. The number of aryl methyl sites for hydroxylation is 1. The molecule has 2 N–H and O–H groups in total. The molecule has 0 atom stereocenters. The SMILES string of the molecule is CCC(CC)(CNCc1cn(C)nc1-c1ccc2c(c1)OCCCO2)C(=O)O. The summed E-state index contributed by atoms with van der Waals surface area (Å²) in [5.74, 6) is 0.745. The zero-order valence-corrected chi connectivity index (χ0v) is 16.8. The van der Waals surface area contributed by atoms with Gasteiger partial charge in [-0.1, -0.05) is 13.8 Å². The number of carbonyl (C=O) groups is 1. The maximum atomic E-state index is 11.7. The number of ether oxygens (including phenoxy) is 2. The molecule has 1 aromatic carbocycles. The maximum Gasteiger partial charge on any atom is 0.310 e. The van der Waals surface area contributed by atoms with Crippen molar-refractivity contribution >= 4 is 5.97 Å². The predicted octanol–water partition coefficient (Wildman–Crippen LogP) is 3.23. The normalized spacial score (nSPS) is 14.0. The van der Waals surface area contributed by atoms with Crippen LogP contribution in [-0.4, -0.2) is 40.6 Å². The van der Waals surface area contributed by atoms with Crippen LogP contribution in [-0.2, 0) is 18.4 Å². The van der Waals surface area contributed by atoms with Gasteiger partial charge in [0, 0.05) is 43.9 Å². The molecule has 7 nitrogen and oxygen atoms in total. The second kappa shape index (κ2) is 8.65. The molecule has 1 aliphatic rings. The average Bonchev–Trinajstić information content (AvgIpc) is 2.90. The van der Waals surface area contributed by atoms with Crippen LogP contribution in [0.5, 0.6) is 11.5 Å². The largest absolute Gasteiger partial charge is 0.490 e. The Bertz CT molecular complexity index is 827. The smallest absolute Gasteiger partial charge is 0.310 e. The van der Waals surface area contributed by atoms with Crippen molar-refractivity contribution in [1.82, 2.24) is 15.1 Å². The first-order valence-corrected chi connectivity index (χ1v) is 9.85. The number of benzene rings is 1. The van der Waals surface area contributed by atoms with E-state index in [1.54, 1.807) is 4.68 Å². The summed E-state index contributed by atoms with van der Waals surface area (Å²) in [6, 6.07) is 5.87. The molecule has 0 radical (unpaired) electrons. The van der Waals surface area contributed by atoms with E-state index in [0.717, 1.165) is 34.7 Å². The predicted molar refractivity (Wildman–Crippen MR) is 107 cm³/mol. The van der Waals surface area contributed by atoms with Crippen molar-refractivity contribution in [2.45, 2.75) is 39.7 Å². The van der Waals surface area contributed by atoms with Crippen LogP contribution < -0.4 is 14.8 Å². The third-order valence-corrected chi connectivity index (χ3v) is 5.51. The van der Waals surface area contributed by atoms with E-state index in [1.807, 2.05) is 45.3 Å². The van der Waals surface area contributed by atoms with E-state index in [4.69, 9.17) is 9.47 Å². The molecule has 0 aliphatic carbocycles. The summed E-state index contributed by atoms with van der Waals surface area (Å²) in [5, 5.41) is 17.6. The van der Waals surface area contributed by atoms with E-state index in [0.29, 0.717) is 39.1 Å². The monoisotopic (exact) mass is 387 g/mol. The van der Waals surface area contributed by atoms with Crippen molar-refractivity contribution in [2.75, 3.05) is 19.8 Å². The molecule has 1 aliphatic heterocycles. The number of nitrogens with one attached hydrogen (secondary N) is 1. The van der Waals surface area contributed by atoms with Gasteiger partial charge in [-0.15, -0.1) is 0 Å². The number of aromatic nitrogens is 2. The Morgan fingerprint density at radius 1 is 1.25 bits per heavy atom. The summed E-state index contributed by atoms with van der Waals surface area (Å²) in [6.45, 7) is 6.11. The fraction of sp³-hybridized carbons (Fsp3) is 0.524. The number of carboxylic acids is 1. The molecule has 0 saturated heterocycles.